The van der Waals surface area contributed by atoms with E-state index in [2.05, 4.69) is 83.9 Å². The minimum Gasteiger partial charge on any atom is -0.401 e. The van der Waals surface area contributed by atoms with Gasteiger partial charge in [0.15, 0.2) is 0 Å². The highest BCUT2D eigenvalue weighted by Gasteiger charge is 2.44. The summed E-state index contributed by atoms with van der Waals surface area (Å²) in [6.45, 7) is 11.4. The van der Waals surface area contributed by atoms with E-state index in [9.17, 15) is 5.26 Å². The van der Waals surface area contributed by atoms with Crippen molar-refractivity contribution >= 4 is 17.0 Å². The molecular weight excluding hydrogens is 494 g/mol. The zero-order valence-electron chi connectivity index (χ0n) is 23.5. The molecule has 204 valence electrons. The first-order chi connectivity index (χ1) is 19.4. The van der Waals surface area contributed by atoms with Crippen LogP contribution in [0.5, 0.6) is 0 Å². The summed E-state index contributed by atoms with van der Waals surface area (Å²) in [6, 6.07) is 17.4. The average molecular weight is 532 g/mol. The van der Waals surface area contributed by atoms with Crippen molar-refractivity contribution < 1.29 is 0 Å². The summed E-state index contributed by atoms with van der Waals surface area (Å²) >= 11 is 0. The second-order valence-electron chi connectivity index (χ2n) is 11.6. The quantitative estimate of drug-likeness (QED) is 0.328. The van der Waals surface area contributed by atoms with Crippen molar-refractivity contribution in [2.45, 2.75) is 51.5 Å². The monoisotopic (exact) mass is 531 g/mol. The summed E-state index contributed by atoms with van der Waals surface area (Å²) < 4.78 is 1.85. The molecular formula is C33H37N7. The lowest BCUT2D eigenvalue weighted by Gasteiger charge is -2.49. The number of para-hydroxylation sites is 1. The van der Waals surface area contributed by atoms with Gasteiger partial charge in [-0.1, -0.05) is 38.6 Å². The zero-order chi connectivity index (χ0) is 27.9. The number of aromatic nitrogens is 3. The number of pyridine rings is 2. The third kappa shape index (κ3) is 4.48. The molecule has 0 amide bonds. The van der Waals surface area contributed by atoms with Crippen molar-refractivity contribution in [2.24, 2.45) is 11.7 Å². The average Bonchev–Trinajstić information content (AvgIpc) is 3.60. The SMILES string of the molecule is C=C(N)C1(N2CCc3ccccc32)CCN(c2ccc(-c3cc(CCC(C)C)cn4ncc(C#N)c34)cn2)CC1. The summed E-state index contributed by atoms with van der Waals surface area (Å²) in [7, 11) is 0. The van der Waals surface area contributed by atoms with Gasteiger partial charge in [-0.3, -0.25) is 0 Å². The first kappa shape index (κ1) is 25.9. The summed E-state index contributed by atoms with van der Waals surface area (Å²) in [5.41, 5.74) is 14.3. The van der Waals surface area contributed by atoms with Crippen molar-refractivity contribution in [1.82, 2.24) is 14.6 Å². The van der Waals surface area contributed by atoms with E-state index in [0.29, 0.717) is 11.5 Å². The molecule has 0 radical (unpaired) electrons. The smallest absolute Gasteiger partial charge is 0.128 e. The largest absolute Gasteiger partial charge is 0.401 e. The van der Waals surface area contributed by atoms with E-state index in [4.69, 9.17) is 10.7 Å². The van der Waals surface area contributed by atoms with Crippen LogP contribution in [-0.2, 0) is 12.8 Å². The topological polar surface area (TPSA) is 86.5 Å². The van der Waals surface area contributed by atoms with Gasteiger partial charge in [0.05, 0.1) is 22.8 Å². The summed E-state index contributed by atoms with van der Waals surface area (Å²) in [4.78, 5) is 9.74. The number of fused-ring (bicyclic) bond motifs is 2. The molecule has 1 saturated heterocycles. The molecule has 1 aromatic carbocycles. The van der Waals surface area contributed by atoms with Crippen LogP contribution in [-0.4, -0.2) is 39.8 Å². The fourth-order valence-corrected chi connectivity index (χ4v) is 6.46. The molecule has 2 aliphatic heterocycles. The van der Waals surface area contributed by atoms with E-state index >= 15 is 0 Å². The van der Waals surface area contributed by atoms with Gasteiger partial charge in [-0.25, -0.2) is 9.50 Å². The van der Waals surface area contributed by atoms with Crippen LogP contribution in [0.25, 0.3) is 16.6 Å². The van der Waals surface area contributed by atoms with Gasteiger partial charge in [0.2, 0.25) is 0 Å². The van der Waals surface area contributed by atoms with E-state index in [1.807, 2.05) is 16.9 Å². The van der Waals surface area contributed by atoms with E-state index in [0.717, 1.165) is 79.9 Å². The fraction of sp³-hybridized carbons (Fsp3) is 0.364. The van der Waals surface area contributed by atoms with E-state index < -0.39 is 0 Å². The Bertz CT molecular complexity index is 1580. The van der Waals surface area contributed by atoms with Gasteiger partial charge in [0, 0.05) is 54.5 Å². The van der Waals surface area contributed by atoms with Gasteiger partial charge in [-0.2, -0.15) is 10.4 Å². The van der Waals surface area contributed by atoms with Gasteiger partial charge in [0.1, 0.15) is 11.9 Å². The Morgan fingerprint density at radius 2 is 1.93 bits per heavy atom. The first-order valence-electron chi connectivity index (χ1n) is 14.3. The molecule has 40 heavy (non-hydrogen) atoms. The maximum Gasteiger partial charge on any atom is 0.128 e. The lowest BCUT2D eigenvalue weighted by Crippen LogP contribution is -2.58. The van der Waals surface area contributed by atoms with Gasteiger partial charge < -0.3 is 15.5 Å². The molecule has 6 rings (SSSR count). The molecule has 0 bridgehead atoms. The third-order valence-electron chi connectivity index (χ3n) is 8.77. The molecule has 4 aromatic rings. The minimum atomic E-state index is -0.235. The molecule has 0 saturated carbocycles. The van der Waals surface area contributed by atoms with Crippen LogP contribution in [0, 0.1) is 17.2 Å². The Hall–Kier alpha value is -4.31. The van der Waals surface area contributed by atoms with Gasteiger partial charge in [-0.15, -0.1) is 0 Å². The summed E-state index contributed by atoms with van der Waals surface area (Å²) in [5, 5.41) is 14.2. The van der Waals surface area contributed by atoms with E-state index in [-0.39, 0.29) is 5.54 Å². The Balaban J connectivity index is 1.25. The Labute approximate surface area is 236 Å². The molecule has 0 spiro atoms. The summed E-state index contributed by atoms with van der Waals surface area (Å²) in [6.07, 6.45) is 10.6. The molecule has 0 atom stereocenters. The highest BCUT2D eigenvalue weighted by molar-refractivity contribution is 5.84. The standard InChI is InChI=1S/C33H37N7/c1-23(2)8-9-25-18-29(32-28(19-34)21-37-40(32)22-25)27-10-11-31(36-20-27)38-16-13-33(14-17-38,24(3)35)39-15-12-26-6-4-5-7-30(26)39/h4-7,10-11,18,20-23H,3,8-9,12-17,35H2,1-2H3. The maximum atomic E-state index is 9.73. The number of anilines is 2. The van der Waals surface area contributed by atoms with E-state index in [1.165, 1.54) is 16.8 Å². The molecule has 1 fully saturated rings. The Kier molecular flexibility index (Phi) is 6.71. The number of piperidine rings is 1. The number of aryl methyl sites for hydroxylation is 1. The van der Waals surface area contributed by atoms with Crippen molar-refractivity contribution in [3.63, 3.8) is 0 Å². The molecule has 5 heterocycles. The number of nitrogens with two attached hydrogens (primary N) is 1. The lowest BCUT2D eigenvalue weighted by molar-refractivity contribution is 0.357. The number of benzene rings is 1. The van der Waals surface area contributed by atoms with Crippen LogP contribution in [0.2, 0.25) is 0 Å². The highest BCUT2D eigenvalue weighted by atomic mass is 15.3. The number of hydrogen-bond donors (Lipinski definition) is 1. The molecule has 0 aliphatic carbocycles. The molecule has 7 nitrogen and oxygen atoms in total. The molecule has 2 N–H and O–H groups in total. The third-order valence-corrected chi connectivity index (χ3v) is 8.77. The molecule has 7 heteroatoms. The van der Waals surface area contributed by atoms with Crippen molar-refractivity contribution in [2.75, 3.05) is 29.4 Å². The van der Waals surface area contributed by atoms with Crippen molar-refractivity contribution in [1.29, 1.82) is 5.26 Å². The van der Waals surface area contributed by atoms with Gasteiger partial charge in [0.25, 0.3) is 0 Å². The van der Waals surface area contributed by atoms with Crippen LogP contribution >= 0.6 is 0 Å². The molecule has 0 unspecified atom stereocenters. The van der Waals surface area contributed by atoms with Crippen LogP contribution in [0.15, 0.2) is 73.3 Å². The summed E-state index contributed by atoms with van der Waals surface area (Å²) in [5.74, 6) is 1.58. The van der Waals surface area contributed by atoms with Crippen LogP contribution in [0.4, 0.5) is 11.5 Å². The van der Waals surface area contributed by atoms with Crippen molar-refractivity contribution in [3.8, 4) is 17.2 Å². The van der Waals surface area contributed by atoms with E-state index in [1.54, 1.807) is 6.20 Å². The first-order valence-corrected chi connectivity index (χ1v) is 14.3. The van der Waals surface area contributed by atoms with Gasteiger partial charge >= 0.3 is 0 Å². The predicted molar refractivity (Wildman–Crippen MR) is 161 cm³/mol. The molecule has 3 aromatic heterocycles. The number of nitriles is 1. The van der Waals surface area contributed by atoms with Crippen LogP contribution in [0.3, 0.4) is 0 Å². The molecule has 2 aliphatic rings. The zero-order valence-corrected chi connectivity index (χ0v) is 23.5. The number of rotatable bonds is 7. The fourth-order valence-electron chi connectivity index (χ4n) is 6.46. The van der Waals surface area contributed by atoms with Crippen LogP contribution in [0.1, 0.15) is 49.8 Å². The van der Waals surface area contributed by atoms with Crippen molar-refractivity contribution in [3.05, 3.63) is 90.0 Å². The van der Waals surface area contributed by atoms with Gasteiger partial charge in [-0.05, 0) is 73.4 Å². The normalized spacial score (nSPS) is 16.4. The number of hydrogen-bond acceptors (Lipinski definition) is 6. The minimum absolute atomic E-state index is 0.235. The lowest BCUT2D eigenvalue weighted by atomic mass is 9.83. The Morgan fingerprint density at radius 3 is 2.62 bits per heavy atom. The number of nitrogens with zero attached hydrogens (tertiary/aromatic N) is 6. The second kappa shape index (κ2) is 10.3. The highest BCUT2D eigenvalue weighted by Crippen LogP contribution is 2.42. The predicted octanol–water partition coefficient (Wildman–Crippen LogP) is 5.73. The maximum absolute atomic E-state index is 9.73. The van der Waals surface area contributed by atoms with Crippen LogP contribution < -0.4 is 15.5 Å². The second-order valence-corrected chi connectivity index (χ2v) is 11.6. The Morgan fingerprint density at radius 1 is 1.12 bits per heavy atom.